The Labute approximate surface area is 143 Å². The number of hydrogen-bond donors (Lipinski definition) is 1. The summed E-state index contributed by atoms with van der Waals surface area (Å²) in [5, 5.41) is 2.94. The van der Waals surface area contributed by atoms with Crippen molar-refractivity contribution in [2.24, 2.45) is 5.92 Å². The number of carbonyl (C=O) groups excluding carboxylic acids is 1. The molecule has 1 aromatic rings. The van der Waals surface area contributed by atoms with E-state index in [9.17, 15) is 4.79 Å². The average molecular weight is 337 g/mol. The van der Waals surface area contributed by atoms with Gasteiger partial charge in [-0.15, -0.1) is 0 Å². The predicted molar refractivity (Wildman–Crippen MR) is 97.9 cm³/mol. The van der Waals surface area contributed by atoms with Crippen LogP contribution in [0.1, 0.15) is 25.8 Å². The van der Waals surface area contributed by atoms with Crippen LogP contribution in [0.5, 0.6) is 0 Å². The van der Waals surface area contributed by atoms with Crippen LogP contribution in [0.25, 0.3) is 0 Å². The first-order valence-electron chi connectivity index (χ1n) is 8.26. The number of likely N-dealkylation sites (tertiary alicyclic amines) is 1. The summed E-state index contributed by atoms with van der Waals surface area (Å²) in [7, 11) is 4.02. The summed E-state index contributed by atoms with van der Waals surface area (Å²) in [6.45, 7) is 6.43. The topological polar surface area (TPSA) is 48.5 Å². The second kappa shape index (κ2) is 8.55. The molecule has 0 aliphatic carbocycles. The summed E-state index contributed by atoms with van der Waals surface area (Å²) in [5.41, 5.74) is 1.19. The molecule has 0 spiro atoms. The number of hydrogen-bond acceptors (Lipinski definition) is 4. The zero-order valence-corrected chi connectivity index (χ0v) is 15.4. The molecular weight excluding hydrogens is 308 g/mol. The third kappa shape index (κ3) is 5.11. The zero-order chi connectivity index (χ0) is 16.8. The molecule has 1 saturated heterocycles. The van der Waals surface area contributed by atoms with Gasteiger partial charge in [-0.25, -0.2) is 9.78 Å². The first-order chi connectivity index (χ1) is 11.0. The van der Waals surface area contributed by atoms with Crippen molar-refractivity contribution in [2.45, 2.75) is 32.1 Å². The van der Waals surface area contributed by atoms with Crippen molar-refractivity contribution in [1.82, 2.24) is 14.8 Å². The van der Waals surface area contributed by atoms with Crippen LogP contribution in [0.2, 0.25) is 0 Å². The van der Waals surface area contributed by atoms with Gasteiger partial charge in [0, 0.05) is 31.6 Å². The second-order valence-electron chi connectivity index (χ2n) is 6.32. The highest BCUT2D eigenvalue weighted by atomic mass is 32.2. The fourth-order valence-corrected chi connectivity index (χ4v) is 3.74. The van der Waals surface area contributed by atoms with Gasteiger partial charge in [0.05, 0.1) is 0 Å². The van der Waals surface area contributed by atoms with Crippen LogP contribution in [0.4, 0.5) is 10.6 Å². The minimum absolute atomic E-state index is 0.0702. The standard InChI is InChI=1S/C17H28N4OS/c1-5-23-12-14-6-8-18-16(10-14)19-17(22)21(4)15-7-9-20(3)11-13(15)2/h6,8,10,13,15H,5,7,9,11-12H2,1-4H3,(H,18,19,22)/t13-,15+/m0/s1. The van der Waals surface area contributed by atoms with Crippen LogP contribution in [0.3, 0.4) is 0 Å². The average Bonchev–Trinajstić information content (AvgIpc) is 2.52. The molecule has 1 aliphatic heterocycles. The lowest BCUT2D eigenvalue weighted by Crippen LogP contribution is -2.50. The van der Waals surface area contributed by atoms with Gasteiger partial charge in [-0.2, -0.15) is 11.8 Å². The van der Waals surface area contributed by atoms with Crippen molar-refractivity contribution in [3.8, 4) is 0 Å². The number of amides is 2. The molecular formula is C17H28N4OS. The van der Waals surface area contributed by atoms with E-state index in [1.54, 1.807) is 6.20 Å². The highest BCUT2D eigenvalue weighted by molar-refractivity contribution is 7.98. The van der Waals surface area contributed by atoms with E-state index >= 15 is 0 Å². The van der Waals surface area contributed by atoms with Crippen molar-refractivity contribution in [1.29, 1.82) is 0 Å². The molecule has 0 unspecified atom stereocenters. The zero-order valence-electron chi connectivity index (χ0n) is 14.6. The highest BCUT2D eigenvalue weighted by Gasteiger charge is 2.30. The maximum atomic E-state index is 12.5. The number of nitrogens with one attached hydrogen (secondary N) is 1. The van der Waals surface area contributed by atoms with Crippen LogP contribution in [-0.4, -0.2) is 59.8 Å². The minimum Gasteiger partial charge on any atom is -0.324 e. The van der Waals surface area contributed by atoms with E-state index in [1.807, 2.05) is 35.8 Å². The molecule has 1 N–H and O–H groups in total. The Balaban J connectivity index is 1.95. The molecule has 128 valence electrons. The van der Waals surface area contributed by atoms with Crippen LogP contribution in [0, 0.1) is 5.92 Å². The first kappa shape index (κ1) is 18.1. The van der Waals surface area contributed by atoms with Crippen molar-refractivity contribution in [3.05, 3.63) is 23.9 Å². The lowest BCUT2D eigenvalue weighted by atomic mass is 9.93. The van der Waals surface area contributed by atoms with E-state index in [2.05, 4.69) is 36.1 Å². The summed E-state index contributed by atoms with van der Waals surface area (Å²) in [5.74, 6) is 3.14. The molecule has 1 fully saturated rings. The third-order valence-electron chi connectivity index (χ3n) is 4.41. The molecule has 2 atom stereocenters. The fraction of sp³-hybridized carbons (Fsp3) is 0.647. The van der Waals surface area contributed by atoms with Gasteiger partial charge >= 0.3 is 6.03 Å². The van der Waals surface area contributed by atoms with Gasteiger partial charge in [0.15, 0.2) is 0 Å². The number of nitrogens with zero attached hydrogens (tertiary/aromatic N) is 3. The Morgan fingerprint density at radius 1 is 1.57 bits per heavy atom. The summed E-state index contributed by atoms with van der Waals surface area (Å²) >= 11 is 1.86. The molecule has 6 heteroatoms. The highest BCUT2D eigenvalue weighted by Crippen LogP contribution is 2.21. The summed E-state index contributed by atoms with van der Waals surface area (Å²) in [6.07, 6.45) is 2.78. The molecule has 5 nitrogen and oxygen atoms in total. The Morgan fingerprint density at radius 3 is 3.04 bits per heavy atom. The third-order valence-corrected chi connectivity index (χ3v) is 5.36. The maximum Gasteiger partial charge on any atom is 0.323 e. The molecule has 0 bridgehead atoms. The number of carbonyl (C=O) groups is 1. The van der Waals surface area contributed by atoms with Crippen LogP contribution >= 0.6 is 11.8 Å². The number of rotatable bonds is 5. The maximum absolute atomic E-state index is 12.5. The number of thioether (sulfide) groups is 1. The quantitative estimate of drug-likeness (QED) is 0.897. The van der Waals surface area contributed by atoms with Gasteiger partial charge in [-0.05, 0) is 49.4 Å². The van der Waals surface area contributed by atoms with E-state index in [0.29, 0.717) is 11.7 Å². The van der Waals surface area contributed by atoms with Crippen molar-refractivity contribution < 1.29 is 4.79 Å². The van der Waals surface area contributed by atoms with E-state index in [-0.39, 0.29) is 12.1 Å². The first-order valence-corrected chi connectivity index (χ1v) is 9.41. The van der Waals surface area contributed by atoms with Gasteiger partial charge in [-0.1, -0.05) is 13.8 Å². The SMILES string of the molecule is CCSCc1ccnc(NC(=O)N(C)[C@@H]2CCN(C)C[C@@H]2C)c1. The lowest BCUT2D eigenvalue weighted by Gasteiger charge is -2.39. The Hall–Kier alpha value is -1.27. The molecule has 2 amide bonds. The van der Waals surface area contributed by atoms with E-state index in [1.165, 1.54) is 5.56 Å². The number of aromatic nitrogens is 1. The summed E-state index contributed by atoms with van der Waals surface area (Å²) in [4.78, 5) is 21.0. The van der Waals surface area contributed by atoms with E-state index in [0.717, 1.165) is 31.0 Å². The lowest BCUT2D eigenvalue weighted by molar-refractivity contribution is 0.113. The molecule has 0 aromatic carbocycles. The van der Waals surface area contributed by atoms with Gasteiger partial charge in [0.2, 0.25) is 0 Å². The number of urea groups is 1. The number of anilines is 1. The largest absolute Gasteiger partial charge is 0.324 e. The van der Waals surface area contributed by atoms with Gasteiger partial charge < -0.3 is 9.80 Å². The molecule has 0 radical (unpaired) electrons. The summed E-state index contributed by atoms with van der Waals surface area (Å²) < 4.78 is 0. The molecule has 1 aromatic heterocycles. The predicted octanol–water partition coefficient (Wildman–Crippen LogP) is 3.14. The molecule has 0 saturated carbocycles. The van der Waals surface area contributed by atoms with Crippen molar-refractivity contribution >= 4 is 23.6 Å². The molecule has 23 heavy (non-hydrogen) atoms. The smallest absolute Gasteiger partial charge is 0.323 e. The van der Waals surface area contributed by atoms with Crippen molar-refractivity contribution in [3.63, 3.8) is 0 Å². The van der Waals surface area contributed by atoms with Crippen molar-refractivity contribution in [2.75, 3.05) is 38.3 Å². The fourth-order valence-electron chi connectivity index (χ4n) is 3.12. The number of piperidine rings is 1. The van der Waals surface area contributed by atoms with Gasteiger partial charge in [0.1, 0.15) is 5.82 Å². The molecule has 1 aliphatic rings. The van der Waals surface area contributed by atoms with Crippen LogP contribution in [0.15, 0.2) is 18.3 Å². The van der Waals surface area contributed by atoms with E-state index in [4.69, 9.17) is 0 Å². The van der Waals surface area contributed by atoms with Crippen LogP contribution in [-0.2, 0) is 5.75 Å². The monoisotopic (exact) mass is 336 g/mol. The Kier molecular flexibility index (Phi) is 6.72. The normalized spacial score (nSPS) is 21.9. The minimum atomic E-state index is -0.0702. The van der Waals surface area contributed by atoms with Gasteiger partial charge in [-0.3, -0.25) is 5.32 Å². The van der Waals surface area contributed by atoms with E-state index < -0.39 is 0 Å². The summed E-state index contributed by atoms with van der Waals surface area (Å²) in [6, 6.07) is 4.18. The molecule has 2 heterocycles. The Morgan fingerprint density at radius 2 is 2.35 bits per heavy atom. The van der Waals surface area contributed by atoms with Gasteiger partial charge in [0.25, 0.3) is 0 Å². The Bertz CT molecular complexity index is 525. The van der Waals surface area contributed by atoms with Crippen LogP contribution < -0.4 is 5.32 Å². The number of pyridine rings is 1. The second-order valence-corrected chi connectivity index (χ2v) is 7.60. The molecule has 2 rings (SSSR count).